The second-order valence-electron chi connectivity index (χ2n) is 3.26. The minimum Gasteiger partial charge on any atom is -0.677 e. The topological polar surface area (TPSA) is 63.7 Å². The van der Waals surface area contributed by atoms with Gasteiger partial charge in [0.2, 0.25) is 0 Å². The molecule has 5 nitrogen and oxygen atoms in total. The molecule has 1 N–H and O–H groups in total. The van der Waals surface area contributed by atoms with Crippen LogP contribution in [0.1, 0.15) is 0 Å². The Balaban J connectivity index is 0.000000845. The predicted molar refractivity (Wildman–Crippen MR) is 42.5 cm³/mol. The molecular formula is C7H11N4OY-. The van der Waals surface area contributed by atoms with Crippen molar-refractivity contribution in [3.8, 4) is 0 Å². The molecule has 1 radical (unpaired) electrons. The third kappa shape index (κ3) is 2.34. The van der Waals surface area contributed by atoms with Gasteiger partial charge in [-0.05, 0) is 0 Å². The molecule has 0 amide bonds. The maximum atomic E-state index is 7.37. The zero-order valence-corrected chi connectivity index (χ0v) is 10.1. The Labute approximate surface area is 102 Å². The van der Waals surface area contributed by atoms with E-state index >= 15 is 0 Å². The Kier molecular flexibility index (Phi) is 3.97. The molecule has 1 saturated heterocycles. The van der Waals surface area contributed by atoms with Crippen molar-refractivity contribution in [3.63, 3.8) is 0 Å². The van der Waals surface area contributed by atoms with Crippen molar-refractivity contribution < 1.29 is 37.4 Å². The fourth-order valence-electron chi connectivity index (χ4n) is 1.30. The van der Waals surface area contributed by atoms with Gasteiger partial charge in [0.05, 0.1) is 19.8 Å². The fraction of sp³-hybridized carbons (Fsp3) is 0.714. The minimum atomic E-state index is -0.00625. The van der Waals surface area contributed by atoms with Crippen LogP contribution >= 0.6 is 0 Å². The first kappa shape index (κ1) is 11.2. The smallest absolute Gasteiger partial charge is 0.137 e. The van der Waals surface area contributed by atoms with Gasteiger partial charge in [-0.3, -0.25) is 4.68 Å². The Morgan fingerprint density at radius 1 is 1.54 bits per heavy atom. The van der Waals surface area contributed by atoms with Crippen LogP contribution in [0.15, 0.2) is 12.7 Å². The molecule has 0 bridgehead atoms. The van der Waals surface area contributed by atoms with E-state index in [1.165, 1.54) is 6.33 Å². The van der Waals surface area contributed by atoms with E-state index < -0.39 is 0 Å². The number of ether oxygens (including phenoxy) is 1. The van der Waals surface area contributed by atoms with E-state index in [-0.39, 0.29) is 38.1 Å². The maximum Gasteiger partial charge on any atom is 0.137 e. The molecule has 69 valence electrons. The van der Waals surface area contributed by atoms with E-state index in [1.54, 1.807) is 11.0 Å². The molecule has 0 unspecified atom stereocenters. The van der Waals surface area contributed by atoms with Crippen molar-refractivity contribution in [1.29, 1.82) is 0 Å². The van der Waals surface area contributed by atoms with Gasteiger partial charge in [-0.25, -0.2) is 4.98 Å². The summed E-state index contributed by atoms with van der Waals surface area (Å²) in [5, 5.41) is 4.00. The molecular weight excluding hydrogens is 245 g/mol. The van der Waals surface area contributed by atoms with Gasteiger partial charge in [-0.2, -0.15) is 5.10 Å². The molecule has 0 aromatic carbocycles. The van der Waals surface area contributed by atoms with Crippen molar-refractivity contribution in [2.24, 2.45) is 5.41 Å². The van der Waals surface area contributed by atoms with E-state index in [9.17, 15) is 0 Å². The molecule has 13 heavy (non-hydrogen) atoms. The molecule has 1 aromatic heterocycles. The maximum absolute atomic E-state index is 7.37. The summed E-state index contributed by atoms with van der Waals surface area (Å²) < 4.78 is 6.86. The first-order valence-corrected chi connectivity index (χ1v) is 3.89. The molecule has 0 atom stereocenters. The van der Waals surface area contributed by atoms with Gasteiger partial charge in [-0.15, -0.1) is 6.54 Å². The number of hydrogen-bond acceptors (Lipinski definition) is 3. The Hall–Kier alpha value is 0.164. The van der Waals surface area contributed by atoms with E-state index in [0.29, 0.717) is 19.8 Å². The summed E-state index contributed by atoms with van der Waals surface area (Å²) in [4.78, 5) is 3.85. The molecule has 2 heterocycles. The Morgan fingerprint density at radius 3 is 2.69 bits per heavy atom. The molecule has 0 spiro atoms. The number of rotatable bonds is 3. The second-order valence-corrected chi connectivity index (χ2v) is 3.26. The van der Waals surface area contributed by atoms with Crippen molar-refractivity contribution in [2.75, 3.05) is 19.8 Å². The predicted octanol–water partition coefficient (Wildman–Crippen LogP) is 0.344. The van der Waals surface area contributed by atoms with E-state index in [0.717, 1.165) is 6.54 Å². The molecule has 1 aromatic rings. The Morgan fingerprint density at radius 2 is 2.31 bits per heavy atom. The van der Waals surface area contributed by atoms with Gasteiger partial charge >= 0.3 is 0 Å². The normalized spacial score (nSPS) is 18.8. The van der Waals surface area contributed by atoms with Crippen LogP contribution in [0, 0.1) is 5.41 Å². The average molecular weight is 256 g/mol. The van der Waals surface area contributed by atoms with Crippen molar-refractivity contribution in [2.45, 2.75) is 6.54 Å². The SMILES string of the molecule is [NH-]CC1(Cn2cncn2)COC1.[Y]. The zero-order chi connectivity index (χ0) is 8.44. The minimum absolute atomic E-state index is 0. The number of nitrogens with one attached hydrogen (secondary N) is 1. The molecule has 1 fully saturated rings. The van der Waals surface area contributed by atoms with Crippen LogP contribution in [0.2, 0.25) is 0 Å². The van der Waals surface area contributed by atoms with Gasteiger partial charge in [0, 0.05) is 38.1 Å². The third-order valence-corrected chi connectivity index (χ3v) is 2.16. The summed E-state index contributed by atoms with van der Waals surface area (Å²) in [5.74, 6) is 0. The van der Waals surface area contributed by atoms with Crippen LogP contribution in [-0.4, -0.2) is 34.5 Å². The van der Waals surface area contributed by atoms with Gasteiger partial charge in [0.25, 0.3) is 0 Å². The molecule has 0 saturated carbocycles. The summed E-state index contributed by atoms with van der Waals surface area (Å²) in [5.41, 5.74) is 7.36. The summed E-state index contributed by atoms with van der Waals surface area (Å²) in [7, 11) is 0. The van der Waals surface area contributed by atoms with Crippen LogP contribution in [0.5, 0.6) is 0 Å². The van der Waals surface area contributed by atoms with Gasteiger partial charge < -0.3 is 10.5 Å². The van der Waals surface area contributed by atoms with Crippen molar-refractivity contribution in [3.05, 3.63) is 18.4 Å². The van der Waals surface area contributed by atoms with Gasteiger partial charge in [0.1, 0.15) is 12.7 Å². The molecule has 1 aliphatic rings. The summed E-state index contributed by atoms with van der Waals surface area (Å²) in [6, 6.07) is 0. The molecule has 0 aliphatic carbocycles. The monoisotopic (exact) mass is 256 g/mol. The third-order valence-electron chi connectivity index (χ3n) is 2.16. The van der Waals surface area contributed by atoms with E-state index in [2.05, 4.69) is 10.1 Å². The first-order valence-electron chi connectivity index (χ1n) is 3.89. The van der Waals surface area contributed by atoms with E-state index in [1.807, 2.05) is 0 Å². The van der Waals surface area contributed by atoms with Crippen LogP contribution in [0.25, 0.3) is 5.73 Å². The largest absolute Gasteiger partial charge is 0.677 e. The molecule has 2 rings (SSSR count). The summed E-state index contributed by atoms with van der Waals surface area (Å²) in [6.45, 7) is 2.50. The standard InChI is InChI=1S/C7H11N4O.Y/c8-1-7(3-12-4-7)2-11-6-9-5-10-11;/h5-6,8H,1-4H2;/q-1;. The second kappa shape index (κ2) is 4.60. The van der Waals surface area contributed by atoms with Gasteiger partial charge in [-0.1, -0.05) is 0 Å². The van der Waals surface area contributed by atoms with Gasteiger partial charge in [0.15, 0.2) is 0 Å². The van der Waals surface area contributed by atoms with Crippen LogP contribution in [0.3, 0.4) is 0 Å². The van der Waals surface area contributed by atoms with Crippen LogP contribution in [0.4, 0.5) is 0 Å². The number of hydrogen-bond donors (Lipinski definition) is 0. The van der Waals surface area contributed by atoms with Crippen molar-refractivity contribution in [1.82, 2.24) is 14.8 Å². The quantitative estimate of drug-likeness (QED) is 0.783. The number of nitrogens with zero attached hydrogens (tertiary/aromatic N) is 3. The summed E-state index contributed by atoms with van der Waals surface area (Å²) >= 11 is 0. The fourth-order valence-corrected chi connectivity index (χ4v) is 1.30. The van der Waals surface area contributed by atoms with Crippen molar-refractivity contribution >= 4 is 0 Å². The van der Waals surface area contributed by atoms with Crippen LogP contribution in [-0.2, 0) is 44.0 Å². The number of aromatic nitrogens is 3. The molecule has 6 heteroatoms. The van der Waals surface area contributed by atoms with Crippen LogP contribution < -0.4 is 0 Å². The average Bonchev–Trinajstić information content (AvgIpc) is 2.49. The molecule has 1 aliphatic heterocycles. The Bertz CT molecular complexity index is 241. The van der Waals surface area contributed by atoms with E-state index in [4.69, 9.17) is 10.5 Å². The zero-order valence-electron chi connectivity index (χ0n) is 7.31. The first-order chi connectivity index (χ1) is 5.85. The summed E-state index contributed by atoms with van der Waals surface area (Å²) in [6.07, 6.45) is 3.19.